The van der Waals surface area contributed by atoms with Gasteiger partial charge < -0.3 is 10.6 Å². The zero-order chi connectivity index (χ0) is 18.5. The lowest BCUT2D eigenvalue weighted by Crippen LogP contribution is -2.36. The van der Waals surface area contributed by atoms with Crippen molar-refractivity contribution in [1.82, 2.24) is 25.7 Å². The summed E-state index contributed by atoms with van der Waals surface area (Å²) in [7, 11) is 0. The van der Waals surface area contributed by atoms with Crippen molar-refractivity contribution < 1.29 is 9.59 Å². The molecule has 0 radical (unpaired) electrons. The summed E-state index contributed by atoms with van der Waals surface area (Å²) >= 11 is 0. The monoisotopic (exact) mass is 354 g/mol. The van der Waals surface area contributed by atoms with Gasteiger partial charge in [0.2, 0.25) is 17.6 Å². The van der Waals surface area contributed by atoms with Gasteiger partial charge in [0.05, 0.1) is 0 Å². The van der Waals surface area contributed by atoms with E-state index in [9.17, 15) is 9.59 Å². The number of aromatic nitrogens is 4. The molecule has 0 saturated heterocycles. The van der Waals surface area contributed by atoms with Crippen molar-refractivity contribution in [3.8, 4) is 11.4 Å². The van der Waals surface area contributed by atoms with E-state index in [0.29, 0.717) is 17.3 Å². The van der Waals surface area contributed by atoms with E-state index in [0.717, 1.165) is 31.2 Å². The summed E-state index contributed by atoms with van der Waals surface area (Å²) in [5.41, 5.74) is 1.41. The van der Waals surface area contributed by atoms with E-state index >= 15 is 0 Å². The Morgan fingerprint density at radius 3 is 2.50 bits per heavy atom. The highest BCUT2D eigenvalue weighted by atomic mass is 16.2. The lowest BCUT2D eigenvalue weighted by atomic mass is 9.85. The predicted octanol–water partition coefficient (Wildman–Crippen LogP) is 2.05. The highest BCUT2D eigenvalue weighted by Gasteiger charge is 2.26. The molecule has 8 heteroatoms. The second-order valence-electron chi connectivity index (χ2n) is 6.60. The third-order valence-corrected chi connectivity index (χ3v) is 4.38. The third kappa shape index (κ3) is 4.59. The lowest BCUT2D eigenvalue weighted by Gasteiger charge is -2.28. The molecule has 2 aromatic rings. The first-order chi connectivity index (χ1) is 12.5. The van der Waals surface area contributed by atoms with Crippen molar-refractivity contribution in [3.63, 3.8) is 0 Å². The van der Waals surface area contributed by atoms with Crippen molar-refractivity contribution in [2.75, 3.05) is 5.32 Å². The first-order valence-corrected chi connectivity index (χ1v) is 8.73. The Balaban J connectivity index is 1.72. The summed E-state index contributed by atoms with van der Waals surface area (Å²) in [6.45, 7) is 2.99. The van der Waals surface area contributed by atoms with E-state index in [-0.39, 0.29) is 23.8 Å². The van der Waals surface area contributed by atoms with Crippen LogP contribution in [0.4, 0.5) is 5.69 Å². The van der Waals surface area contributed by atoms with Crippen LogP contribution < -0.4 is 10.6 Å². The van der Waals surface area contributed by atoms with Gasteiger partial charge >= 0.3 is 0 Å². The van der Waals surface area contributed by atoms with E-state index in [4.69, 9.17) is 0 Å². The molecule has 0 aliphatic heterocycles. The Kier molecular flexibility index (Phi) is 5.50. The minimum Gasteiger partial charge on any atom is -0.354 e. The Hall–Kier alpha value is -2.90. The van der Waals surface area contributed by atoms with Crippen LogP contribution in [0.15, 0.2) is 24.3 Å². The lowest BCUT2D eigenvalue weighted by molar-refractivity contribution is -0.120. The molecule has 136 valence electrons. The van der Waals surface area contributed by atoms with Crippen LogP contribution in [0, 0.1) is 0 Å². The molecule has 2 unspecified atom stereocenters. The van der Waals surface area contributed by atoms with Gasteiger partial charge in [-0.1, -0.05) is 18.6 Å². The van der Waals surface area contributed by atoms with Crippen LogP contribution >= 0.6 is 0 Å². The Bertz CT molecular complexity index is 793. The fourth-order valence-corrected chi connectivity index (χ4v) is 3.30. The van der Waals surface area contributed by atoms with E-state index in [2.05, 4.69) is 31.0 Å². The first kappa shape index (κ1) is 17.9. The SMILES string of the molecule is CC(=O)Nc1cccc(-c2nnc(C3CCCC(NC(C)=O)C3)nn2)c1. The van der Waals surface area contributed by atoms with Gasteiger partial charge in [-0.15, -0.1) is 20.4 Å². The number of hydrogen-bond acceptors (Lipinski definition) is 6. The van der Waals surface area contributed by atoms with Crippen molar-refractivity contribution in [2.45, 2.75) is 51.5 Å². The fraction of sp³-hybridized carbons (Fsp3) is 0.444. The van der Waals surface area contributed by atoms with E-state index in [1.54, 1.807) is 12.1 Å². The molecule has 26 heavy (non-hydrogen) atoms. The summed E-state index contributed by atoms with van der Waals surface area (Å²) in [5, 5.41) is 22.6. The number of carbonyl (C=O) groups is 2. The molecule has 1 aromatic heterocycles. The van der Waals surface area contributed by atoms with Gasteiger partial charge in [-0.3, -0.25) is 9.59 Å². The van der Waals surface area contributed by atoms with Crippen molar-refractivity contribution >= 4 is 17.5 Å². The van der Waals surface area contributed by atoms with Crippen molar-refractivity contribution in [2.24, 2.45) is 0 Å². The molecule has 0 spiro atoms. The molecular weight excluding hydrogens is 332 g/mol. The average molecular weight is 354 g/mol. The maximum atomic E-state index is 11.3. The summed E-state index contributed by atoms with van der Waals surface area (Å²) < 4.78 is 0. The summed E-state index contributed by atoms with van der Waals surface area (Å²) in [6, 6.07) is 7.40. The molecule has 1 saturated carbocycles. The number of rotatable bonds is 4. The summed E-state index contributed by atoms with van der Waals surface area (Å²) in [4.78, 5) is 22.4. The minimum atomic E-state index is -0.138. The Morgan fingerprint density at radius 1 is 1.04 bits per heavy atom. The molecule has 1 aliphatic rings. The molecule has 2 amide bonds. The summed E-state index contributed by atoms with van der Waals surface area (Å²) in [6.07, 6.45) is 3.77. The van der Waals surface area contributed by atoms with Crippen LogP contribution in [0.3, 0.4) is 0 Å². The van der Waals surface area contributed by atoms with Gasteiger partial charge in [-0.25, -0.2) is 0 Å². The molecular formula is C18H22N6O2. The molecule has 1 heterocycles. The summed E-state index contributed by atoms with van der Waals surface area (Å²) in [5.74, 6) is 1.03. The number of hydrogen-bond donors (Lipinski definition) is 2. The largest absolute Gasteiger partial charge is 0.354 e. The highest BCUT2D eigenvalue weighted by molar-refractivity contribution is 5.89. The fourth-order valence-electron chi connectivity index (χ4n) is 3.30. The first-order valence-electron chi connectivity index (χ1n) is 8.73. The normalized spacial score (nSPS) is 19.6. The number of amides is 2. The number of anilines is 1. The molecule has 0 bridgehead atoms. The zero-order valence-corrected chi connectivity index (χ0v) is 14.9. The number of benzene rings is 1. The second-order valence-corrected chi connectivity index (χ2v) is 6.60. The van der Waals surface area contributed by atoms with Gasteiger partial charge in [-0.2, -0.15) is 0 Å². The number of nitrogens with one attached hydrogen (secondary N) is 2. The van der Waals surface area contributed by atoms with Crippen LogP contribution in [0.25, 0.3) is 11.4 Å². The van der Waals surface area contributed by atoms with E-state index < -0.39 is 0 Å². The molecule has 3 rings (SSSR count). The number of nitrogens with zero attached hydrogens (tertiary/aromatic N) is 4. The van der Waals surface area contributed by atoms with Gasteiger partial charge in [-0.05, 0) is 31.4 Å². The van der Waals surface area contributed by atoms with E-state index in [1.165, 1.54) is 13.8 Å². The standard InChI is InChI=1S/C18H22N6O2/c1-11(25)19-15-7-3-5-13(9-15)17-21-23-18(24-22-17)14-6-4-8-16(10-14)20-12(2)26/h3,5,7,9,14,16H,4,6,8,10H2,1-2H3,(H,19,25)(H,20,26). The maximum absolute atomic E-state index is 11.3. The van der Waals surface area contributed by atoms with Crippen LogP contribution in [0.5, 0.6) is 0 Å². The van der Waals surface area contributed by atoms with Gasteiger partial charge in [0, 0.05) is 37.1 Å². The average Bonchev–Trinajstić information content (AvgIpc) is 2.61. The van der Waals surface area contributed by atoms with Crippen LogP contribution in [0.2, 0.25) is 0 Å². The molecule has 2 N–H and O–H groups in total. The van der Waals surface area contributed by atoms with Crippen LogP contribution in [-0.2, 0) is 9.59 Å². The molecule has 1 aliphatic carbocycles. The van der Waals surface area contributed by atoms with E-state index in [1.807, 2.05) is 12.1 Å². The Labute approximate surface area is 151 Å². The molecule has 8 nitrogen and oxygen atoms in total. The maximum Gasteiger partial charge on any atom is 0.221 e. The molecule has 2 atom stereocenters. The van der Waals surface area contributed by atoms with Crippen molar-refractivity contribution in [3.05, 3.63) is 30.1 Å². The molecule has 1 aromatic carbocycles. The topological polar surface area (TPSA) is 110 Å². The van der Waals surface area contributed by atoms with Gasteiger partial charge in [0.25, 0.3) is 0 Å². The van der Waals surface area contributed by atoms with Gasteiger partial charge in [0.15, 0.2) is 5.82 Å². The van der Waals surface area contributed by atoms with Crippen molar-refractivity contribution in [1.29, 1.82) is 0 Å². The minimum absolute atomic E-state index is 0.0118. The predicted molar refractivity (Wildman–Crippen MR) is 96.2 cm³/mol. The van der Waals surface area contributed by atoms with Crippen LogP contribution in [0.1, 0.15) is 51.3 Å². The third-order valence-electron chi connectivity index (χ3n) is 4.38. The quantitative estimate of drug-likeness (QED) is 0.869. The zero-order valence-electron chi connectivity index (χ0n) is 14.9. The highest BCUT2D eigenvalue weighted by Crippen LogP contribution is 2.30. The Morgan fingerprint density at radius 2 is 1.81 bits per heavy atom. The molecule has 1 fully saturated rings. The van der Waals surface area contributed by atoms with Crippen LogP contribution in [-0.4, -0.2) is 38.3 Å². The van der Waals surface area contributed by atoms with Gasteiger partial charge in [0.1, 0.15) is 0 Å². The number of carbonyl (C=O) groups excluding carboxylic acids is 2. The second kappa shape index (κ2) is 7.99. The smallest absolute Gasteiger partial charge is 0.221 e.